The summed E-state index contributed by atoms with van der Waals surface area (Å²) in [6, 6.07) is 10.6. The number of benzene rings is 1. The predicted octanol–water partition coefficient (Wildman–Crippen LogP) is 2.80. The van der Waals surface area contributed by atoms with Gasteiger partial charge in [0.1, 0.15) is 0 Å². The van der Waals surface area contributed by atoms with Crippen LogP contribution in [0.1, 0.15) is 36.8 Å². The average molecular weight is 271 g/mol. The Morgan fingerprint density at radius 2 is 2.16 bits per heavy atom. The Hall–Kier alpha value is -1.47. The van der Waals surface area contributed by atoms with E-state index in [1.807, 2.05) is 18.2 Å². The normalized spacial score (nSPS) is 25.0. The maximum Gasteiger partial charge on any atom is 0.154 e. The summed E-state index contributed by atoms with van der Waals surface area (Å²) < 4.78 is 0. The minimum Gasteiger partial charge on any atom is -0.379 e. The van der Waals surface area contributed by atoms with Gasteiger partial charge in [-0.2, -0.15) is 5.26 Å². The van der Waals surface area contributed by atoms with Crippen LogP contribution >= 0.6 is 11.8 Å². The minimum absolute atomic E-state index is 0.0982. The van der Waals surface area contributed by atoms with Crippen LogP contribution in [0.4, 0.5) is 0 Å². The second-order valence-electron chi connectivity index (χ2n) is 5.35. The van der Waals surface area contributed by atoms with Crippen molar-refractivity contribution in [2.24, 2.45) is 10.7 Å². The molecule has 1 aliphatic heterocycles. The third kappa shape index (κ3) is 2.12. The fourth-order valence-electron chi connectivity index (χ4n) is 3.39. The smallest absolute Gasteiger partial charge is 0.154 e. The predicted molar refractivity (Wildman–Crippen MR) is 79.2 cm³/mol. The molecule has 1 aromatic rings. The molecule has 1 heterocycles. The monoisotopic (exact) mass is 271 g/mol. The highest BCUT2D eigenvalue weighted by atomic mass is 32.2. The van der Waals surface area contributed by atoms with Gasteiger partial charge in [0, 0.05) is 11.2 Å². The summed E-state index contributed by atoms with van der Waals surface area (Å²) in [6.07, 6.45) is 4.80. The number of hydrogen-bond donors (Lipinski definition) is 1. The second-order valence-corrected chi connectivity index (χ2v) is 6.39. The molecule has 1 aliphatic carbocycles. The van der Waals surface area contributed by atoms with Crippen LogP contribution in [0.3, 0.4) is 0 Å². The van der Waals surface area contributed by atoms with Gasteiger partial charge in [-0.25, -0.2) is 0 Å². The third-order valence-electron chi connectivity index (χ3n) is 4.37. The van der Waals surface area contributed by atoms with Crippen LogP contribution in [0.2, 0.25) is 0 Å². The van der Waals surface area contributed by atoms with Crippen molar-refractivity contribution in [2.75, 3.05) is 5.75 Å². The third-order valence-corrected chi connectivity index (χ3v) is 5.26. The van der Waals surface area contributed by atoms with Crippen LogP contribution in [0, 0.1) is 11.3 Å². The first-order chi connectivity index (χ1) is 9.24. The molecule has 1 aromatic carbocycles. The van der Waals surface area contributed by atoms with Crippen LogP contribution in [0.25, 0.3) is 0 Å². The lowest BCUT2D eigenvalue weighted by molar-refractivity contribution is 0.377. The van der Waals surface area contributed by atoms with Crippen molar-refractivity contribution in [1.82, 2.24) is 0 Å². The zero-order valence-corrected chi connectivity index (χ0v) is 11.6. The summed E-state index contributed by atoms with van der Waals surface area (Å²) in [5.74, 6) is 0.975. The number of amidine groups is 1. The largest absolute Gasteiger partial charge is 0.379 e. The van der Waals surface area contributed by atoms with E-state index in [0.29, 0.717) is 5.17 Å². The van der Waals surface area contributed by atoms with Crippen LogP contribution in [-0.4, -0.2) is 17.0 Å². The summed E-state index contributed by atoms with van der Waals surface area (Å²) in [6.45, 7) is 0. The molecule has 1 fully saturated rings. The molecule has 0 bridgehead atoms. The molecular formula is C15H17N3S. The van der Waals surface area contributed by atoms with E-state index < -0.39 is 0 Å². The Balaban J connectivity index is 2.03. The van der Waals surface area contributed by atoms with E-state index in [2.05, 4.69) is 17.1 Å². The molecule has 4 heteroatoms. The summed E-state index contributed by atoms with van der Waals surface area (Å²) >= 11 is 1.66. The lowest BCUT2D eigenvalue weighted by Gasteiger charge is -2.34. The number of hydrogen-bond acceptors (Lipinski definition) is 4. The average Bonchev–Trinajstić information content (AvgIpc) is 3.08. The van der Waals surface area contributed by atoms with Crippen LogP contribution in [-0.2, 0) is 5.41 Å². The van der Waals surface area contributed by atoms with Crippen molar-refractivity contribution >= 4 is 16.9 Å². The second kappa shape index (κ2) is 4.90. The highest BCUT2D eigenvalue weighted by Gasteiger charge is 2.44. The van der Waals surface area contributed by atoms with Gasteiger partial charge in [0.2, 0.25) is 0 Å². The summed E-state index contributed by atoms with van der Waals surface area (Å²) in [5, 5.41) is 9.81. The molecule has 1 saturated carbocycles. The molecule has 1 atom stereocenters. The highest BCUT2D eigenvalue weighted by Crippen LogP contribution is 2.47. The zero-order valence-electron chi connectivity index (χ0n) is 10.8. The van der Waals surface area contributed by atoms with Gasteiger partial charge < -0.3 is 5.73 Å². The van der Waals surface area contributed by atoms with Crippen molar-refractivity contribution in [3.63, 3.8) is 0 Å². The van der Waals surface area contributed by atoms with Gasteiger partial charge in [-0.05, 0) is 30.5 Å². The Labute approximate surface area is 117 Å². The van der Waals surface area contributed by atoms with Gasteiger partial charge in [-0.1, -0.05) is 36.7 Å². The number of nitrogens with zero attached hydrogens (tertiary/aromatic N) is 2. The van der Waals surface area contributed by atoms with E-state index in [1.54, 1.807) is 11.8 Å². The lowest BCUT2D eigenvalue weighted by Crippen LogP contribution is -2.36. The van der Waals surface area contributed by atoms with Crippen LogP contribution < -0.4 is 5.73 Å². The zero-order chi connectivity index (χ0) is 13.3. The SMILES string of the molecule is N#Cc1cccc(C2(C3CSC(N)=N3)CCCC2)c1. The van der Waals surface area contributed by atoms with Crippen molar-refractivity contribution < 1.29 is 0 Å². The minimum atomic E-state index is 0.0982. The first-order valence-electron chi connectivity index (χ1n) is 6.71. The van der Waals surface area contributed by atoms with Crippen molar-refractivity contribution in [1.29, 1.82) is 5.26 Å². The molecule has 98 valence electrons. The molecular weight excluding hydrogens is 254 g/mol. The van der Waals surface area contributed by atoms with E-state index in [9.17, 15) is 0 Å². The fourth-order valence-corrected chi connectivity index (χ4v) is 4.32. The van der Waals surface area contributed by atoms with E-state index in [4.69, 9.17) is 11.0 Å². The highest BCUT2D eigenvalue weighted by molar-refractivity contribution is 8.14. The van der Waals surface area contributed by atoms with Gasteiger partial charge in [0.25, 0.3) is 0 Å². The maximum absolute atomic E-state index is 9.09. The Bertz CT molecular complexity index is 553. The van der Waals surface area contributed by atoms with Gasteiger partial charge in [0.15, 0.2) is 5.17 Å². The Morgan fingerprint density at radius 1 is 1.37 bits per heavy atom. The standard InChI is InChI=1S/C15H17N3S/c16-9-11-4-3-5-12(8-11)15(6-1-2-7-15)13-10-19-14(17)18-13/h3-5,8,13H,1-2,6-7,10H2,(H2,17,18). The van der Waals surface area contributed by atoms with E-state index in [-0.39, 0.29) is 11.5 Å². The molecule has 19 heavy (non-hydrogen) atoms. The quantitative estimate of drug-likeness (QED) is 0.899. The number of thioether (sulfide) groups is 1. The Kier molecular flexibility index (Phi) is 3.24. The molecule has 3 nitrogen and oxygen atoms in total. The van der Waals surface area contributed by atoms with E-state index >= 15 is 0 Å². The molecule has 0 amide bonds. The number of nitrogens with two attached hydrogens (primary N) is 1. The van der Waals surface area contributed by atoms with Gasteiger partial charge >= 0.3 is 0 Å². The van der Waals surface area contributed by atoms with Crippen molar-refractivity contribution in [2.45, 2.75) is 37.1 Å². The summed E-state index contributed by atoms with van der Waals surface area (Å²) in [5.41, 5.74) is 7.96. The summed E-state index contributed by atoms with van der Waals surface area (Å²) in [7, 11) is 0. The number of aliphatic imine (C=N–C) groups is 1. The molecule has 1 unspecified atom stereocenters. The van der Waals surface area contributed by atoms with Crippen LogP contribution in [0.5, 0.6) is 0 Å². The molecule has 2 N–H and O–H groups in total. The van der Waals surface area contributed by atoms with Gasteiger partial charge in [0.05, 0.1) is 17.7 Å². The number of nitriles is 1. The van der Waals surface area contributed by atoms with E-state index in [1.165, 1.54) is 18.4 Å². The molecule has 2 aliphatic rings. The lowest BCUT2D eigenvalue weighted by atomic mass is 9.73. The van der Waals surface area contributed by atoms with E-state index in [0.717, 1.165) is 24.2 Å². The Morgan fingerprint density at radius 3 is 2.79 bits per heavy atom. The summed E-state index contributed by atoms with van der Waals surface area (Å²) in [4.78, 5) is 4.65. The molecule has 0 radical (unpaired) electrons. The molecule has 3 rings (SSSR count). The molecule has 0 aromatic heterocycles. The van der Waals surface area contributed by atoms with Crippen LogP contribution in [0.15, 0.2) is 29.3 Å². The number of rotatable bonds is 2. The maximum atomic E-state index is 9.09. The fraction of sp³-hybridized carbons (Fsp3) is 0.467. The van der Waals surface area contributed by atoms with Crippen molar-refractivity contribution in [3.05, 3.63) is 35.4 Å². The van der Waals surface area contributed by atoms with Crippen molar-refractivity contribution in [3.8, 4) is 6.07 Å². The first-order valence-corrected chi connectivity index (χ1v) is 7.70. The van der Waals surface area contributed by atoms with Gasteiger partial charge in [-0.15, -0.1) is 0 Å². The topological polar surface area (TPSA) is 62.2 Å². The molecule has 0 spiro atoms. The van der Waals surface area contributed by atoms with Gasteiger partial charge in [-0.3, -0.25) is 4.99 Å². The first kappa shape index (κ1) is 12.6. The molecule has 0 saturated heterocycles.